The zero-order valence-corrected chi connectivity index (χ0v) is 15.6. The summed E-state index contributed by atoms with van der Waals surface area (Å²) in [4.78, 5) is 4.22. The van der Waals surface area contributed by atoms with Crippen LogP contribution in [-0.2, 0) is 0 Å². The van der Waals surface area contributed by atoms with E-state index in [-0.39, 0.29) is 20.7 Å². The molecule has 4 atom stereocenters. The first-order valence-electron chi connectivity index (χ1n) is 9.24. The van der Waals surface area contributed by atoms with E-state index >= 15 is 0 Å². The highest BCUT2D eigenvalue weighted by molar-refractivity contribution is 6.45. The van der Waals surface area contributed by atoms with Crippen LogP contribution in [0.15, 0.2) is 0 Å². The number of rotatable bonds is 3. The maximum atomic E-state index is 9.41. The summed E-state index contributed by atoms with van der Waals surface area (Å²) in [6, 6.07) is 1.01. The van der Waals surface area contributed by atoms with Crippen LogP contribution in [0.2, 0.25) is 13.6 Å². The standard InChI is InChI=1S/C8H18BNO2.C8H18BNO/c1-7-3-4-8(6-11)5-10(7)9(2)12;1-7-4-5-8(2)10(6-7)9(3)11/h7-8,11-12H,3-6H2,1-2H3;7-8,11H,4-6H2,1-3H3. The highest BCUT2D eigenvalue weighted by Crippen LogP contribution is 2.22. The topological polar surface area (TPSA) is 67.2 Å². The van der Waals surface area contributed by atoms with Gasteiger partial charge < -0.3 is 24.8 Å². The van der Waals surface area contributed by atoms with Gasteiger partial charge in [0.2, 0.25) is 0 Å². The molecule has 4 unspecified atom stereocenters. The second-order valence-electron chi connectivity index (χ2n) is 7.66. The molecule has 2 saturated heterocycles. The average Bonchev–Trinajstić information content (AvgIpc) is 2.50. The summed E-state index contributed by atoms with van der Waals surface area (Å²) < 4.78 is 0. The average molecular weight is 326 g/mol. The van der Waals surface area contributed by atoms with Crippen molar-refractivity contribution in [1.29, 1.82) is 0 Å². The van der Waals surface area contributed by atoms with Crippen LogP contribution in [0, 0.1) is 11.8 Å². The van der Waals surface area contributed by atoms with Crippen molar-refractivity contribution in [2.24, 2.45) is 11.8 Å². The fraction of sp³-hybridized carbons (Fsp3) is 1.00. The monoisotopic (exact) mass is 326 g/mol. The minimum absolute atomic E-state index is 0.246. The predicted molar refractivity (Wildman–Crippen MR) is 98.2 cm³/mol. The summed E-state index contributed by atoms with van der Waals surface area (Å²) >= 11 is 0. The van der Waals surface area contributed by atoms with Crippen molar-refractivity contribution in [2.45, 2.75) is 72.2 Å². The SMILES string of the molecule is CB(O)N1CC(C)CCC1C.CB(O)N1CC(CO)CCC1C. The molecule has 0 aliphatic carbocycles. The van der Waals surface area contributed by atoms with E-state index in [1.54, 1.807) is 6.82 Å². The second-order valence-corrected chi connectivity index (χ2v) is 7.66. The van der Waals surface area contributed by atoms with Gasteiger partial charge in [0, 0.05) is 6.61 Å². The number of aliphatic hydroxyl groups is 1. The van der Waals surface area contributed by atoms with Gasteiger partial charge in [-0.3, -0.25) is 0 Å². The number of hydrogen-bond donors (Lipinski definition) is 3. The molecule has 134 valence electrons. The van der Waals surface area contributed by atoms with Gasteiger partial charge >= 0.3 is 14.1 Å². The molecule has 0 bridgehead atoms. The van der Waals surface area contributed by atoms with Gasteiger partial charge in [-0.15, -0.1) is 0 Å². The first-order chi connectivity index (χ1) is 10.8. The quantitative estimate of drug-likeness (QED) is 0.685. The van der Waals surface area contributed by atoms with Gasteiger partial charge in [0.15, 0.2) is 0 Å². The van der Waals surface area contributed by atoms with Gasteiger partial charge in [-0.25, -0.2) is 0 Å². The lowest BCUT2D eigenvalue weighted by atomic mass is 9.78. The molecule has 2 aliphatic heterocycles. The molecule has 0 amide bonds. The maximum Gasteiger partial charge on any atom is 0.376 e. The lowest BCUT2D eigenvalue weighted by molar-refractivity contribution is 0.127. The third-order valence-electron chi connectivity index (χ3n) is 5.41. The van der Waals surface area contributed by atoms with Gasteiger partial charge in [0.1, 0.15) is 0 Å². The summed E-state index contributed by atoms with van der Waals surface area (Å²) in [5.41, 5.74) is 0. The van der Waals surface area contributed by atoms with E-state index < -0.39 is 0 Å². The normalized spacial score (nSPS) is 32.9. The van der Waals surface area contributed by atoms with Crippen LogP contribution in [0.5, 0.6) is 0 Å². The van der Waals surface area contributed by atoms with Crippen LogP contribution in [0.1, 0.15) is 46.5 Å². The minimum Gasteiger partial charge on any atom is -0.437 e. The largest absolute Gasteiger partial charge is 0.437 e. The number of hydrogen-bond acceptors (Lipinski definition) is 5. The molecule has 0 spiro atoms. The van der Waals surface area contributed by atoms with Crippen LogP contribution in [0.3, 0.4) is 0 Å². The molecule has 2 rings (SSSR count). The lowest BCUT2D eigenvalue weighted by Gasteiger charge is -2.38. The number of piperidine rings is 2. The molecule has 0 aromatic rings. The van der Waals surface area contributed by atoms with E-state index in [1.807, 2.05) is 11.6 Å². The zero-order valence-electron chi connectivity index (χ0n) is 15.6. The Bertz CT molecular complexity index is 334. The molecule has 5 nitrogen and oxygen atoms in total. The minimum atomic E-state index is -0.380. The van der Waals surface area contributed by atoms with Crippen molar-refractivity contribution < 1.29 is 15.2 Å². The molecule has 0 saturated carbocycles. The smallest absolute Gasteiger partial charge is 0.376 e. The molecule has 2 fully saturated rings. The summed E-state index contributed by atoms with van der Waals surface area (Å²) in [6.45, 7) is 12.3. The maximum absolute atomic E-state index is 9.41. The Balaban J connectivity index is 0.000000231. The lowest BCUT2D eigenvalue weighted by Crippen LogP contribution is -2.49. The molecule has 3 N–H and O–H groups in total. The van der Waals surface area contributed by atoms with E-state index in [0.29, 0.717) is 18.0 Å². The molecule has 0 aromatic heterocycles. The molecular weight excluding hydrogens is 290 g/mol. The molecule has 0 aromatic carbocycles. The second kappa shape index (κ2) is 10.0. The van der Waals surface area contributed by atoms with E-state index in [1.165, 1.54) is 12.8 Å². The van der Waals surface area contributed by atoms with Gasteiger partial charge in [-0.2, -0.15) is 0 Å². The highest BCUT2D eigenvalue weighted by Gasteiger charge is 2.29. The Morgan fingerprint density at radius 3 is 1.74 bits per heavy atom. The number of aliphatic hydroxyl groups excluding tert-OH is 1. The summed E-state index contributed by atoms with van der Waals surface area (Å²) in [7, 11) is -0.651. The van der Waals surface area contributed by atoms with Crippen LogP contribution >= 0.6 is 0 Å². The van der Waals surface area contributed by atoms with Gasteiger partial charge in [-0.1, -0.05) is 20.8 Å². The molecule has 0 radical (unpaired) electrons. The van der Waals surface area contributed by atoms with Crippen LogP contribution in [-0.4, -0.2) is 70.7 Å². The van der Waals surface area contributed by atoms with Crippen molar-refractivity contribution in [3.63, 3.8) is 0 Å². The predicted octanol–water partition coefficient (Wildman–Crippen LogP) is 1.41. The van der Waals surface area contributed by atoms with Gasteiger partial charge in [0.25, 0.3) is 0 Å². The van der Waals surface area contributed by atoms with E-state index in [0.717, 1.165) is 31.8 Å². The van der Waals surface area contributed by atoms with E-state index in [9.17, 15) is 10.0 Å². The zero-order chi connectivity index (χ0) is 17.6. The van der Waals surface area contributed by atoms with Gasteiger partial charge in [-0.05, 0) is 76.3 Å². The summed E-state index contributed by atoms with van der Waals surface area (Å²) in [5.74, 6) is 1.11. The fourth-order valence-electron chi connectivity index (χ4n) is 3.73. The Morgan fingerprint density at radius 1 is 0.826 bits per heavy atom. The van der Waals surface area contributed by atoms with Gasteiger partial charge in [0.05, 0.1) is 0 Å². The van der Waals surface area contributed by atoms with Crippen LogP contribution in [0.25, 0.3) is 0 Å². The molecule has 7 heteroatoms. The van der Waals surface area contributed by atoms with E-state index in [2.05, 4.69) is 25.6 Å². The Morgan fingerprint density at radius 2 is 1.30 bits per heavy atom. The number of nitrogens with zero attached hydrogens (tertiary/aromatic N) is 2. The Labute approximate surface area is 143 Å². The van der Waals surface area contributed by atoms with Crippen LogP contribution in [0.4, 0.5) is 0 Å². The molecule has 23 heavy (non-hydrogen) atoms. The van der Waals surface area contributed by atoms with Crippen molar-refractivity contribution in [3.8, 4) is 0 Å². The Kier molecular flexibility index (Phi) is 9.16. The Hall–Kier alpha value is -0.0701. The first-order valence-corrected chi connectivity index (χ1v) is 9.24. The van der Waals surface area contributed by atoms with Crippen molar-refractivity contribution in [3.05, 3.63) is 0 Å². The first kappa shape index (κ1) is 21.0. The highest BCUT2D eigenvalue weighted by atomic mass is 16.3. The fourth-order valence-corrected chi connectivity index (χ4v) is 3.73. The summed E-state index contributed by atoms with van der Waals surface area (Å²) in [5, 5.41) is 27.8. The van der Waals surface area contributed by atoms with E-state index in [4.69, 9.17) is 5.11 Å². The van der Waals surface area contributed by atoms with Crippen molar-refractivity contribution in [1.82, 2.24) is 9.62 Å². The molecule has 2 aliphatic rings. The summed E-state index contributed by atoms with van der Waals surface area (Å²) in [6.07, 6.45) is 4.70. The van der Waals surface area contributed by atoms with Crippen LogP contribution < -0.4 is 0 Å². The molecule has 2 heterocycles. The third-order valence-corrected chi connectivity index (χ3v) is 5.41. The van der Waals surface area contributed by atoms with Crippen molar-refractivity contribution in [2.75, 3.05) is 19.7 Å². The third kappa shape index (κ3) is 6.75. The molecular formula is C16H36B2N2O3. The van der Waals surface area contributed by atoms with Crippen molar-refractivity contribution >= 4 is 14.1 Å².